The molecule has 0 amide bonds. The van der Waals surface area contributed by atoms with Gasteiger partial charge in [-0.2, -0.15) is 0 Å². The fourth-order valence-corrected chi connectivity index (χ4v) is 1.14. The van der Waals surface area contributed by atoms with Crippen molar-refractivity contribution in [1.82, 2.24) is 0 Å². The van der Waals surface area contributed by atoms with Crippen molar-refractivity contribution in [1.29, 1.82) is 0 Å². The van der Waals surface area contributed by atoms with Crippen LogP contribution in [0.2, 0.25) is 5.02 Å². The van der Waals surface area contributed by atoms with Gasteiger partial charge in [0, 0.05) is 0 Å². The van der Waals surface area contributed by atoms with Gasteiger partial charge < -0.3 is 0 Å². The van der Waals surface area contributed by atoms with Crippen molar-refractivity contribution in [3.05, 3.63) is 52.8 Å². The lowest BCUT2D eigenvalue weighted by Crippen LogP contribution is -1.84. The van der Waals surface area contributed by atoms with Gasteiger partial charge in [0.15, 0.2) is 0 Å². The Kier molecular flexibility index (Phi) is 3.26. The monoisotopic (exact) mass is 196 g/mol. The zero-order chi connectivity index (χ0) is 9.84. The SMILES string of the molecule is C=C/C=C/c1cc(C)c(Cl)c(F)c1. The van der Waals surface area contributed by atoms with Crippen LogP contribution in [0.1, 0.15) is 11.1 Å². The molecule has 0 bridgehead atoms. The van der Waals surface area contributed by atoms with E-state index in [-0.39, 0.29) is 10.8 Å². The number of hydrogen-bond donors (Lipinski definition) is 0. The fourth-order valence-electron chi connectivity index (χ4n) is 1.03. The average Bonchev–Trinajstić information content (AvgIpc) is 2.10. The summed E-state index contributed by atoms with van der Waals surface area (Å²) in [7, 11) is 0. The molecule has 0 saturated carbocycles. The predicted octanol–water partition coefficient (Wildman–Crippen LogP) is 3.99. The first-order chi connectivity index (χ1) is 6.15. The van der Waals surface area contributed by atoms with E-state index in [1.54, 1.807) is 25.2 Å². The molecule has 0 saturated heterocycles. The number of aryl methyl sites for hydroxylation is 1. The van der Waals surface area contributed by atoms with E-state index in [4.69, 9.17) is 11.6 Å². The highest BCUT2D eigenvalue weighted by atomic mass is 35.5. The van der Waals surface area contributed by atoms with Crippen molar-refractivity contribution in [2.75, 3.05) is 0 Å². The van der Waals surface area contributed by atoms with Crippen molar-refractivity contribution in [3.63, 3.8) is 0 Å². The molecule has 0 aliphatic carbocycles. The Labute approximate surface area is 82.3 Å². The number of allylic oxidation sites excluding steroid dienone is 2. The maximum atomic E-state index is 13.1. The number of rotatable bonds is 2. The Morgan fingerprint density at radius 1 is 1.46 bits per heavy atom. The van der Waals surface area contributed by atoms with E-state index in [1.165, 1.54) is 6.07 Å². The molecular weight excluding hydrogens is 187 g/mol. The summed E-state index contributed by atoms with van der Waals surface area (Å²) in [6.45, 7) is 5.31. The molecule has 68 valence electrons. The summed E-state index contributed by atoms with van der Waals surface area (Å²) in [6, 6.07) is 3.22. The molecule has 0 nitrogen and oxygen atoms in total. The van der Waals surface area contributed by atoms with Gasteiger partial charge in [0.2, 0.25) is 0 Å². The third-order valence-electron chi connectivity index (χ3n) is 1.66. The molecule has 0 aliphatic heterocycles. The van der Waals surface area contributed by atoms with Crippen LogP contribution in [0.3, 0.4) is 0 Å². The van der Waals surface area contributed by atoms with Gasteiger partial charge in [-0.15, -0.1) is 0 Å². The Balaban J connectivity index is 3.12. The van der Waals surface area contributed by atoms with E-state index >= 15 is 0 Å². The molecule has 0 N–H and O–H groups in total. The van der Waals surface area contributed by atoms with Gasteiger partial charge in [-0.3, -0.25) is 0 Å². The minimum Gasteiger partial charge on any atom is -0.205 e. The quantitative estimate of drug-likeness (QED) is 0.628. The lowest BCUT2D eigenvalue weighted by molar-refractivity contribution is 0.627. The first-order valence-electron chi connectivity index (χ1n) is 3.90. The molecule has 13 heavy (non-hydrogen) atoms. The highest BCUT2D eigenvalue weighted by molar-refractivity contribution is 6.31. The summed E-state index contributed by atoms with van der Waals surface area (Å²) in [5.74, 6) is -0.384. The third-order valence-corrected chi connectivity index (χ3v) is 2.14. The highest BCUT2D eigenvalue weighted by Gasteiger charge is 2.03. The van der Waals surface area contributed by atoms with E-state index < -0.39 is 0 Å². The van der Waals surface area contributed by atoms with Gasteiger partial charge in [-0.1, -0.05) is 42.5 Å². The molecular formula is C11H10ClF. The van der Waals surface area contributed by atoms with E-state index in [9.17, 15) is 4.39 Å². The lowest BCUT2D eigenvalue weighted by atomic mass is 10.1. The van der Waals surface area contributed by atoms with E-state index in [0.717, 1.165) is 11.1 Å². The largest absolute Gasteiger partial charge is 0.205 e. The second-order valence-corrected chi connectivity index (χ2v) is 3.11. The van der Waals surface area contributed by atoms with Gasteiger partial charge in [-0.05, 0) is 24.1 Å². The molecule has 1 aromatic carbocycles. The summed E-state index contributed by atoms with van der Waals surface area (Å²) in [6.07, 6.45) is 5.17. The molecule has 0 spiro atoms. The average molecular weight is 197 g/mol. The fraction of sp³-hybridized carbons (Fsp3) is 0.0909. The van der Waals surface area contributed by atoms with Crippen LogP contribution in [0.25, 0.3) is 6.08 Å². The second-order valence-electron chi connectivity index (χ2n) is 2.73. The van der Waals surface area contributed by atoms with Crippen LogP contribution >= 0.6 is 11.6 Å². The van der Waals surface area contributed by atoms with Crippen LogP contribution in [0, 0.1) is 12.7 Å². The molecule has 0 unspecified atom stereocenters. The molecule has 2 heteroatoms. The molecule has 0 aliphatic rings. The summed E-state index contributed by atoms with van der Waals surface area (Å²) >= 11 is 5.66. The predicted molar refractivity (Wildman–Crippen MR) is 55.4 cm³/mol. The first-order valence-corrected chi connectivity index (χ1v) is 4.27. The number of hydrogen-bond acceptors (Lipinski definition) is 0. The van der Waals surface area contributed by atoms with E-state index in [2.05, 4.69) is 6.58 Å². The van der Waals surface area contributed by atoms with Gasteiger partial charge in [0.25, 0.3) is 0 Å². The third kappa shape index (κ3) is 2.43. The highest BCUT2D eigenvalue weighted by Crippen LogP contribution is 2.21. The Hall–Kier alpha value is -1.08. The first kappa shape index (κ1) is 10.0. The Bertz CT molecular complexity index is 330. The molecule has 0 aromatic heterocycles. The summed E-state index contributed by atoms with van der Waals surface area (Å²) in [5, 5.41) is 0.191. The molecule has 1 rings (SSSR count). The van der Waals surface area contributed by atoms with Crippen LogP contribution in [0.15, 0.2) is 30.9 Å². The topological polar surface area (TPSA) is 0 Å². The second kappa shape index (κ2) is 4.24. The molecule has 0 atom stereocenters. The molecule has 0 fully saturated rings. The number of halogens is 2. The van der Waals surface area contributed by atoms with Crippen LogP contribution in [-0.2, 0) is 0 Å². The minimum atomic E-state index is -0.384. The molecule has 0 heterocycles. The molecule has 0 radical (unpaired) electrons. The normalized spacial score (nSPS) is 10.7. The van der Waals surface area contributed by atoms with Crippen LogP contribution in [0.5, 0.6) is 0 Å². The van der Waals surface area contributed by atoms with Crippen molar-refractivity contribution in [2.45, 2.75) is 6.92 Å². The number of benzene rings is 1. The van der Waals surface area contributed by atoms with E-state index in [1.807, 2.05) is 6.07 Å². The van der Waals surface area contributed by atoms with Crippen molar-refractivity contribution >= 4 is 17.7 Å². The summed E-state index contributed by atoms with van der Waals surface area (Å²) in [5.41, 5.74) is 1.53. The Morgan fingerprint density at radius 3 is 2.69 bits per heavy atom. The van der Waals surface area contributed by atoms with Gasteiger partial charge >= 0.3 is 0 Å². The van der Waals surface area contributed by atoms with Gasteiger partial charge in [-0.25, -0.2) is 4.39 Å². The maximum Gasteiger partial charge on any atom is 0.142 e. The van der Waals surface area contributed by atoms with Crippen molar-refractivity contribution < 1.29 is 4.39 Å². The van der Waals surface area contributed by atoms with Crippen LogP contribution in [-0.4, -0.2) is 0 Å². The minimum absolute atomic E-state index is 0.191. The molecule has 1 aromatic rings. The zero-order valence-corrected chi connectivity index (χ0v) is 8.11. The summed E-state index contributed by atoms with van der Waals surface area (Å²) in [4.78, 5) is 0. The summed E-state index contributed by atoms with van der Waals surface area (Å²) < 4.78 is 13.1. The zero-order valence-electron chi connectivity index (χ0n) is 7.35. The van der Waals surface area contributed by atoms with Gasteiger partial charge in [0.05, 0.1) is 5.02 Å². The van der Waals surface area contributed by atoms with Crippen molar-refractivity contribution in [3.8, 4) is 0 Å². The standard InChI is InChI=1S/C11H10ClF/c1-3-4-5-9-6-8(2)11(12)10(13)7-9/h3-7H,1H2,2H3/b5-4+. The van der Waals surface area contributed by atoms with E-state index in [0.29, 0.717) is 0 Å². The Morgan fingerprint density at radius 2 is 2.15 bits per heavy atom. The van der Waals surface area contributed by atoms with Gasteiger partial charge in [0.1, 0.15) is 5.82 Å². The lowest BCUT2D eigenvalue weighted by Gasteiger charge is -2.01. The van der Waals surface area contributed by atoms with Crippen LogP contribution < -0.4 is 0 Å². The van der Waals surface area contributed by atoms with Crippen LogP contribution in [0.4, 0.5) is 4.39 Å². The smallest absolute Gasteiger partial charge is 0.142 e. The maximum absolute atomic E-state index is 13.1. The van der Waals surface area contributed by atoms with Crippen molar-refractivity contribution in [2.24, 2.45) is 0 Å².